The molecule has 0 aliphatic rings. The van der Waals surface area contributed by atoms with Gasteiger partial charge in [0.1, 0.15) is 0 Å². The number of aromatic nitrogens is 1. The molecule has 0 aliphatic heterocycles. The number of carbonyl (C=O) groups excluding carboxylic acids is 1. The van der Waals surface area contributed by atoms with Gasteiger partial charge in [-0.3, -0.25) is 4.79 Å². The van der Waals surface area contributed by atoms with Gasteiger partial charge < -0.3 is 14.5 Å². The normalized spacial score (nSPS) is 9.93. The summed E-state index contributed by atoms with van der Waals surface area (Å²) >= 11 is 0. The lowest BCUT2D eigenvalue weighted by Crippen LogP contribution is -2.01. The van der Waals surface area contributed by atoms with Crippen molar-refractivity contribution in [2.24, 2.45) is 0 Å². The number of aryl methyl sites for hydroxylation is 1. The SMILES string of the molecule is COC(=O)CCc1c[nH]c(OC)c1C. The molecular formula is C10H15NO3. The second kappa shape index (κ2) is 4.69. The summed E-state index contributed by atoms with van der Waals surface area (Å²) in [5, 5.41) is 0. The molecule has 1 aromatic rings. The van der Waals surface area contributed by atoms with E-state index in [1.54, 1.807) is 7.11 Å². The Labute approximate surface area is 83.2 Å². The van der Waals surface area contributed by atoms with Gasteiger partial charge in [0, 0.05) is 18.2 Å². The average Bonchev–Trinajstić information content (AvgIpc) is 2.56. The summed E-state index contributed by atoms with van der Waals surface area (Å²) in [5.74, 6) is 0.564. The third-order valence-corrected chi connectivity index (χ3v) is 2.23. The van der Waals surface area contributed by atoms with E-state index in [4.69, 9.17) is 4.74 Å². The fraction of sp³-hybridized carbons (Fsp3) is 0.500. The van der Waals surface area contributed by atoms with Gasteiger partial charge in [0.25, 0.3) is 0 Å². The van der Waals surface area contributed by atoms with Gasteiger partial charge in [-0.25, -0.2) is 0 Å². The minimum atomic E-state index is -0.190. The van der Waals surface area contributed by atoms with E-state index in [1.165, 1.54) is 7.11 Å². The molecule has 1 N–H and O–H groups in total. The summed E-state index contributed by atoms with van der Waals surface area (Å²) < 4.78 is 9.65. The largest absolute Gasteiger partial charge is 0.482 e. The highest BCUT2D eigenvalue weighted by Crippen LogP contribution is 2.20. The molecule has 14 heavy (non-hydrogen) atoms. The number of esters is 1. The lowest BCUT2D eigenvalue weighted by Gasteiger charge is -2.00. The monoisotopic (exact) mass is 197 g/mol. The Bertz CT molecular complexity index is 317. The van der Waals surface area contributed by atoms with E-state index >= 15 is 0 Å². The molecule has 0 atom stereocenters. The molecule has 4 heteroatoms. The van der Waals surface area contributed by atoms with E-state index in [-0.39, 0.29) is 5.97 Å². The summed E-state index contributed by atoms with van der Waals surface area (Å²) in [6.07, 6.45) is 2.94. The number of methoxy groups -OCH3 is 2. The minimum Gasteiger partial charge on any atom is -0.482 e. The van der Waals surface area contributed by atoms with Gasteiger partial charge in [0.2, 0.25) is 0 Å². The van der Waals surface area contributed by atoms with Gasteiger partial charge in [-0.05, 0) is 18.9 Å². The zero-order valence-corrected chi connectivity index (χ0v) is 8.72. The average molecular weight is 197 g/mol. The summed E-state index contributed by atoms with van der Waals surface area (Å²) in [6.45, 7) is 1.96. The van der Waals surface area contributed by atoms with Crippen LogP contribution in [0.4, 0.5) is 0 Å². The van der Waals surface area contributed by atoms with Gasteiger partial charge >= 0.3 is 5.97 Å². The molecule has 0 bridgehead atoms. The van der Waals surface area contributed by atoms with Gasteiger partial charge in [-0.15, -0.1) is 0 Å². The van der Waals surface area contributed by atoms with Crippen LogP contribution in [0.2, 0.25) is 0 Å². The highest BCUT2D eigenvalue weighted by atomic mass is 16.5. The topological polar surface area (TPSA) is 51.3 Å². The van der Waals surface area contributed by atoms with Crippen LogP contribution < -0.4 is 4.74 Å². The Balaban J connectivity index is 2.59. The maximum absolute atomic E-state index is 10.9. The summed E-state index contributed by atoms with van der Waals surface area (Å²) in [5.41, 5.74) is 2.14. The molecule has 0 fully saturated rings. The number of ether oxygens (including phenoxy) is 2. The fourth-order valence-corrected chi connectivity index (χ4v) is 1.33. The van der Waals surface area contributed by atoms with Gasteiger partial charge in [0.05, 0.1) is 14.2 Å². The van der Waals surface area contributed by atoms with Crippen molar-refractivity contribution in [2.45, 2.75) is 19.8 Å². The van der Waals surface area contributed by atoms with Crippen LogP contribution in [-0.4, -0.2) is 25.2 Å². The zero-order valence-electron chi connectivity index (χ0n) is 8.72. The molecule has 1 heterocycles. The molecule has 0 aromatic carbocycles. The van der Waals surface area contributed by atoms with Crippen LogP contribution in [0.1, 0.15) is 17.5 Å². The number of aromatic amines is 1. The van der Waals surface area contributed by atoms with Crippen LogP contribution in [0.5, 0.6) is 5.88 Å². The van der Waals surface area contributed by atoms with E-state index in [2.05, 4.69) is 9.72 Å². The Morgan fingerprint density at radius 1 is 1.50 bits per heavy atom. The quantitative estimate of drug-likeness (QED) is 0.743. The number of H-pyrrole nitrogens is 1. The molecule has 0 saturated carbocycles. The molecule has 0 radical (unpaired) electrons. The minimum absolute atomic E-state index is 0.190. The number of hydrogen-bond donors (Lipinski definition) is 1. The van der Waals surface area contributed by atoms with Crippen molar-refractivity contribution in [3.05, 3.63) is 17.3 Å². The molecule has 0 unspecified atom stereocenters. The first-order chi connectivity index (χ1) is 6.69. The van der Waals surface area contributed by atoms with Crippen molar-refractivity contribution in [2.75, 3.05) is 14.2 Å². The predicted octanol–water partition coefficient (Wildman–Crippen LogP) is 1.44. The number of carbonyl (C=O) groups is 1. The molecule has 78 valence electrons. The van der Waals surface area contributed by atoms with Gasteiger partial charge in [-0.1, -0.05) is 0 Å². The van der Waals surface area contributed by atoms with Crippen molar-refractivity contribution >= 4 is 5.97 Å². The summed E-state index contributed by atoms with van der Waals surface area (Å²) in [7, 11) is 3.01. The first-order valence-corrected chi connectivity index (χ1v) is 4.46. The van der Waals surface area contributed by atoms with E-state index in [1.807, 2.05) is 13.1 Å². The molecule has 0 aliphatic carbocycles. The molecule has 0 spiro atoms. The fourth-order valence-electron chi connectivity index (χ4n) is 1.33. The van der Waals surface area contributed by atoms with Crippen LogP contribution in [-0.2, 0) is 16.0 Å². The van der Waals surface area contributed by atoms with E-state index in [0.717, 1.165) is 17.0 Å². The lowest BCUT2D eigenvalue weighted by molar-refractivity contribution is -0.140. The molecule has 0 saturated heterocycles. The van der Waals surface area contributed by atoms with Crippen LogP contribution >= 0.6 is 0 Å². The van der Waals surface area contributed by atoms with E-state index < -0.39 is 0 Å². The predicted molar refractivity (Wildman–Crippen MR) is 52.4 cm³/mol. The van der Waals surface area contributed by atoms with Crippen LogP contribution in [0.15, 0.2) is 6.20 Å². The van der Waals surface area contributed by atoms with Crippen molar-refractivity contribution < 1.29 is 14.3 Å². The summed E-state index contributed by atoms with van der Waals surface area (Å²) in [4.78, 5) is 13.9. The third kappa shape index (κ3) is 2.28. The van der Waals surface area contributed by atoms with Crippen molar-refractivity contribution in [3.63, 3.8) is 0 Å². The molecule has 1 aromatic heterocycles. The van der Waals surface area contributed by atoms with Crippen molar-refractivity contribution in [1.29, 1.82) is 0 Å². The highest BCUT2D eigenvalue weighted by molar-refractivity contribution is 5.69. The maximum atomic E-state index is 10.9. The maximum Gasteiger partial charge on any atom is 0.305 e. The molecular weight excluding hydrogens is 182 g/mol. The first-order valence-electron chi connectivity index (χ1n) is 4.46. The van der Waals surface area contributed by atoms with Crippen molar-refractivity contribution in [1.82, 2.24) is 4.98 Å². The van der Waals surface area contributed by atoms with Crippen LogP contribution in [0.25, 0.3) is 0 Å². The molecule has 0 amide bonds. The third-order valence-electron chi connectivity index (χ3n) is 2.23. The smallest absolute Gasteiger partial charge is 0.305 e. The molecule has 1 rings (SSSR count). The Kier molecular flexibility index (Phi) is 3.56. The number of rotatable bonds is 4. The second-order valence-corrected chi connectivity index (χ2v) is 3.05. The second-order valence-electron chi connectivity index (χ2n) is 3.05. The van der Waals surface area contributed by atoms with Crippen LogP contribution in [0.3, 0.4) is 0 Å². The Hall–Kier alpha value is -1.45. The standard InChI is InChI=1S/C10H15NO3/c1-7-8(4-5-9(12)13-2)6-11-10(7)14-3/h6,11H,4-5H2,1-3H3. The first kappa shape index (κ1) is 10.6. The van der Waals surface area contributed by atoms with Crippen LogP contribution in [0, 0.1) is 6.92 Å². The van der Waals surface area contributed by atoms with E-state index in [9.17, 15) is 4.79 Å². The highest BCUT2D eigenvalue weighted by Gasteiger charge is 2.08. The molecule has 4 nitrogen and oxygen atoms in total. The summed E-state index contributed by atoms with van der Waals surface area (Å²) in [6, 6.07) is 0. The lowest BCUT2D eigenvalue weighted by atomic mass is 10.1. The number of nitrogens with one attached hydrogen (secondary N) is 1. The Morgan fingerprint density at radius 2 is 2.21 bits per heavy atom. The van der Waals surface area contributed by atoms with E-state index in [0.29, 0.717) is 12.8 Å². The Morgan fingerprint density at radius 3 is 2.71 bits per heavy atom. The van der Waals surface area contributed by atoms with Gasteiger partial charge in [-0.2, -0.15) is 0 Å². The van der Waals surface area contributed by atoms with Gasteiger partial charge in [0.15, 0.2) is 5.88 Å². The van der Waals surface area contributed by atoms with Crippen molar-refractivity contribution in [3.8, 4) is 5.88 Å². The number of hydrogen-bond acceptors (Lipinski definition) is 3. The zero-order chi connectivity index (χ0) is 10.6.